The molecular weight excluding hydrogens is 311 g/mol. The summed E-state index contributed by atoms with van der Waals surface area (Å²) in [6.07, 6.45) is -2.98. The number of morpholine rings is 1. The van der Waals surface area contributed by atoms with Crippen LogP contribution in [-0.4, -0.2) is 41.5 Å². The van der Waals surface area contributed by atoms with Crippen LogP contribution in [0.3, 0.4) is 0 Å². The fourth-order valence-corrected chi connectivity index (χ4v) is 2.25. The maximum atomic E-state index is 13.0. The van der Waals surface area contributed by atoms with Crippen LogP contribution in [0, 0.1) is 0 Å². The fourth-order valence-electron chi connectivity index (χ4n) is 2.25. The van der Waals surface area contributed by atoms with Gasteiger partial charge in [0.05, 0.1) is 30.7 Å². The predicted molar refractivity (Wildman–Crippen MR) is 77.6 cm³/mol. The summed E-state index contributed by atoms with van der Waals surface area (Å²) in [5, 5.41) is 10.2. The molecule has 0 unspecified atom stereocenters. The fraction of sp³-hybridized carbons (Fsp3) is 0.357. The lowest BCUT2D eigenvalue weighted by Gasteiger charge is -2.27. The third-order valence-corrected chi connectivity index (χ3v) is 3.36. The number of alkyl halides is 3. The molecule has 122 valence electrons. The van der Waals surface area contributed by atoms with E-state index in [0.29, 0.717) is 32.1 Å². The Morgan fingerprint density at radius 1 is 1.13 bits per heavy atom. The first-order valence-corrected chi connectivity index (χ1v) is 7.00. The van der Waals surface area contributed by atoms with Crippen LogP contribution >= 0.6 is 0 Å². The van der Waals surface area contributed by atoms with E-state index in [9.17, 15) is 13.2 Å². The number of hydrogen-bond donors (Lipinski definition) is 1. The van der Waals surface area contributed by atoms with E-state index < -0.39 is 11.7 Å². The average molecular weight is 325 g/mol. The van der Waals surface area contributed by atoms with E-state index in [1.54, 1.807) is 0 Å². The van der Waals surface area contributed by atoms with E-state index >= 15 is 0 Å². The lowest BCUT2D eigenvalue weighted by atomic mass is 10.1. The van der Waals surface area contributed by atoms with E-state index in [1.165, 1.54) is 24.4 Å². The van der Waals surface area contributed by atoms with E-state index in [4.69, 9.17) is 4.74 Å². The third kappa shape index (κ3) is 3.67. The van der Waals surface area contributed by atoms with Crippen molar-refractivity contribution >= 4 is 17.5 Å². The van der Waals surface area contributed by atoms with E-state index in [2.05, 4.69) is 20.5 Å². The van der Waals surface area contributed by atoms with Crippen LogP contribution in [0.2, 0.25) is 0 Å². The third-order valence-electron chi connectivity index (χ3n) is 3.36. The molecule has 1 aromatic carbocycles. The Balaban J connectivity index is 1.84. The zero-order valence-corrected chi connectivity index (χ0v) is 12.0. The van der Waals surface area contributed by atoms with Gasteiger partial charge in [0.2, 0.25) is 5.95 Å². The predicted octanol–water partition coefficient (Wildman–Crippen LogP) is 2.47. The molecule has 0 atom stereocenters. The monoisotopic (exact) mass is 325 g/mol. The van der Waals surface area contributed by atoms with E-state index in [1.807, 2.05) is 4.90 Å². The number of benzene rings is 1. The lowest BCUT2D eigenvalue weighted by molar-refractivity contribution is -0.136. The molecule has 0 amide bonds. The molecule has 0 spiro atoms. The van der Waals surface area contributed by atoms with Crippen molar-refractivity contribution in [1.29, 1.82) is 0 Å². The lowest BCUT2D eigenvalue weighted by Crippen LogP contribution is -2.37. The topological polar surface area (TPSA) is 63.2 Å². The Labute approximate surface area is 130 Å². The maximum Gasteiger partial charge on any atom is 0.418 e. The summed E-state index contributed by atoms with van der Waals surface area (Å²) in [6.45, 7) is 2.45. The van der Waals surface area contributed by atoms with Crippen LogP contribution in [-0.2, 0) is 10.9 Å². The molecule has 0 saturated carbocycles. The summed E-state index contributed by atoms with van der Waals surface area (Å²) in [5.74, 6) is 0.570. The van der Waals surface area contributed by atoms with Gasteiger partial charge in [0, 0.05) is 13.1 Å². The van der Waals surface area contributed by atoms with Crippen LogP contribution in [0.25, 0.3) is 0 Å². The second-order valence-electron chi connectivity index (χ2n) is 4.91. The molecule has 1 aromatic heterocycles. The minimum atomic E-state index is -4.46. The quantitative estimate of drug-likeness (QED) is 0.935. The van der Waals surface area contributed by atoms with Crippen LogP contribution in [0.1, 0.15) is 5.56 Å². The standard InChI is InChI=1S/C14H14F3N5O/c15-14(16,17)10-3-1-2-4-11(10)19-13-20-12(9-18-21-13)22-5-7-23-8-6-22/h1-4,9H,5-8H2,(H,19,20,21). The van der Waals surface area contributed by atoms with Crippen LogP contribution < -0.4 is 10.2 Å². The number of hydrogen-bond acceptors (Lipinski definition) is 6. The second kappa shape index (κ2) is 6.37. The highest BCUT2D eigenvalue weighted by atomic mass is 19.4. The first kappa shape index (κ1) is 15.5. The number of nitrogens with zero attached hydrogens (tertiary/aromatic N) is 4. The number of para-hydroxylation sites is 1. The van der Waals surface area contributed by atoms with Gasteiger partial charge in [-0.25, -0.2) is 0 Å². The number of aromatic nitrogens is 3. The van der Waals surface area contributed by atoms with Crippen molar-refractivity contribution in [3.05, 3.63) is 36.0 Å². The Kier molecular flexibility index (Phi) is 4.28. The van der Waals surface area contributed by atoms with Crippen LogP contribution in [0.5, 0.6) is 0 Å². The van der Waals surface area contributed by atoms with Gasteiger partial charge in [0.15, 0.2) is 5.82 Å². The molecule has 1 saturated heterocycles. The smallest absolute Gasteiger partial charge is 0.378 e. The van der Waals surface area contributed by atoms with Gasteiger partial charge in [-0.05, 0) is 12.1 Å². The van der Waals surface area contributed by atoms with Crippen molar-refractivity contribution in [2.45, 2.75) is 6.18 Å². The molecule has 1 N–H and O–H groups in total. The number of rotatable bonds is 3. The molecular formula is C14H14F3N5O. The van der Waals surface area contributed by atoms with Crippen molar-refractivity contribution in [1.82, 2.24) is 15.2 Å². The van der Waals surface area contributed by atoms with Crippen molar-refractivity contribution < 1.29 is 17.9 Å². The molecule has 0 aliphatic carbocycles. The number of nitrogens with one attached hydrogen (secondary N) is 1. The largest absolute Gasteiger partial charge is 0.418 e. The average Bonchev–Trinajstić information content (AvgIpc) is 2.55. The van der Waals surface area contributed by atoms with Crippen LogP contribution in [0.4, 0.5) is 30.6 Å². The van der Waals surface area contributed by atoms with E-state index in [-0.39, 0.29) is 11.6 Å². The Bertz CT molecular complexity index is 673. The molecule has 2 aromatic rings. The Morgan fingerprint density at radius 2 is 1.87 bits per heavy atom. The molecule has 1 aliphatic heterocycles. The van der Waals surface area contributed by atoms with Gasteiger partial charge in [-0.15, -0.1) is 5.10 Å². The molecule has 0 radical (unpaired) electrons. The molecule has 0 bridgehead atoms. The summed E-state index contributed by atoms with van der Waals surface area (Å²) in [5.41, 5.74) is -0.888. The highest BCUT2D eigenvalue weighted by molar-refractivity contribution is 5.60. The van der Waals surface area contributed by atoms with Gasteiger partial charge < -0.3 is 15.0 Å². The molecule has 23 heavy (non-hydrogen) atoms. The summed E-state index contributed by atoms with van der Waals surface area (Å²) in [6, 6.07) is 5.17. The summed E-state index contributed by atoms with van der Waals surface area (Å²) < 4.78 is 44.3. The molecule has 3 rings (SSSR count). The van der Waals surface area contributed by atoms with E-state index in [0.717, 1.165) is 6.07 Å². The van der Waals surface area contributed by atoms with Gasteiger partial charge in [-0.2, -0.15) is 23.3 Å². The Morgan fingerprint density at radius 3 is 2.61 bits per heavy atom. The normalized spacial score (nSPS) is 15.5. The number of halogens is 3. The second-order valence-corrected chi connectivity index (χ2v) is 4.91. The zero-order chi connectivity index (χ0) is 16.3. The highest BCUT2D eigenvalue weighted by Crippen LogP contribution is 2.35. The van der Waals surface area contributed by atoms with Crippen molar-refractivity contribution in [2.75, 3.05) is 36.5 Å². The van der Waals surface area contributed by atoms with Gasteiger partial charge in [-0.1, -0.05) is 12.1 Å². The summed E-state index contributed by atoms with van der Waals surface area (Å²) >= 11 is 0. The van der Waals surface area contributed by atoms with Gasteiger partial charge in [-0.3, -0.25) is 0 Å². The summed E-state index contributed by atoms with van der Waals surface area (Å²) in [7, 11) is 0. The first-order chi connectivity index (χ1) is 11.0. The van der Waals surface area contributed by atoms with Gasteiger partial charge >= 0.3 is 6.18 Å². The SMILES string of the molecule is FC(F)(F)c1ccccc1Nc1nncc(N2CCOCC2)n1. The summed E-state index contributed by atoms with van der Waals surface area (Å²) in [4.78, 5) is 6.18. The molecule has 6 nitrogen and oxygen atoms in total. The molecule has 2 heterocycles. The molecule has 9 heteroatoms. The Hall–Kier alpha value is -2.42. The van der Waals surface area contributed by atoms with Gasteiger partial charge in [0.1, 0.15) is 0 Å². The molecule has 1 fully saturated rings. The van der Waals surface area contributed by atoms with Crippen molar-refractivity contribution in [3.8, 4) is 0 Å². The van der Waals surface area contributed by atoms with Gasteiger partial charge in [0.25, 0.3) is 0 Å². The van der Waals surface area contributed by atoms with Crippen molar-refractivity contribution in [3.63, 3.8) is 0 Å². The maximum absolute atomic E-state index is 13.0. The zero-order valence-electron chi connectivity index (χ0n) is 12.0. The highest BCUT2D eigenvalue weighted by Gasteiger charge is 2.33. The molecule has 1 aliphatic rings. The first-order valence-electron chi connectivity index (χ1n) is 7.00. The van der Waals surface area contributed by atoms with Crippen LogP contribution in [0.15, 0.2) is 30.5 Å². The number of ether oxygens (including phenoxy) is 1. The minimum Gasteiger partial charge on any atom is -0.378 e. The number of anilines is 3. The van der Waals surface area contributed by atoms with Crippen molar-refractivity contribution in [2.24, 2.45) is 0 Å². The minimum absolute atomic E-state index is 0.0192.